The summed E-state index contributed by atoms with van der Waals surface area (Å²) in [6, 6.07) is 6.86. The van der Waals surface area contributed by atoms with Crippen LogP contribution < -0.4 is 10.6 Å². The first-order valence-corrected chi connectivity index (χ1v) is 9.19. The molecule has 3 N–H and O–H groups in total. The van der Waals surface area contributed by atoms with Gasteiger partial charge in [-0.05, 0) is 39.2 Å². The van der Waals surface area contributed by atoms with Crippen LogP contribution in [0.5, 0.6) is 0 Å². The van der Waals surface area contributed by atoms with Crippen molar-refractivity contribution in [3.8, 4) is 11.3 Å². The monoisotopic (exact) mass is 426 g/mol. The van der Waals surface area contributed by atoms with Crippen molar-refractivity contribution in [1.82, 2.24) is 15.2 Å². The van der Waals surface area contributed by atoms with Crippen LogP contribution in [-0.4, -0.2) is 53.7 Å². The maximum Gasteiger partial charge on any atom is 0.405 e. The highest BCUT2D eigenvalue weighted by atomic mass is 79.9. The molecular weight excluding hydrogens is 408 g/mol. The van der Waals surface area contributed by atoms with Crippen LogP contribution in [0.3, 0.4) is 0 Å². The van der Waals surface area contributed by atoms with E-state index < -0.39 is 18.0 Å². The van der Waals surface area contributed by atoms with E-state index in [0.29, 0.717) is 18.1 Å². The summed E-state index contributed by atoms with van der Waals surface area (Å²) in [5, 5.41) is 16.1. The lowest BCUT2D eigenvalue weighted by molar-refractivity contribution is -0.118. The largest absolute Gasteiger partial charge is 0.465 e. The summed E-state index contributed by atoms with van der Waals surface area (Å²) >= 11 is 4.71. The number of aromatic nitrogens is 1. The standard InChI is InChI=1S/C16H19BrN4O3S/c1-21(2)7-6-12(19-16(23)24)14(22)20-15-18-13(9-25-15)10-4-3-5-11(17)8-10/h3-5,8-9,12,19H,6-7H2,1-2H3,(H,23,24)(H,18,20,22). The molecule has 0 saturated carbocycles. The second-order valence-corrected chi connectivity index (χ2v) is 7.41. The fourth-order valence-corrected chi connectivity index (χ4v) is 3.23. The quantitative estimate of drug-likeness (QED) is 0.632. The van der Waals surface area contributed by atoms with E-state index in [2.05, 4.69) is 31.5 Å². The lowest BCUT2D eigenvalue weighted by atomic mass is 10.2. The molecule has 0 aliphatic heterocycles. The number of amides is 2. The van der Waals surface area contributed by atoms with Crippen LogP contribution >= 0.6 is 27.3 Å². The summed E-state index contributed by atoms with van der Waals surface area (Å²) in [5.41, 5.74) is 1.68. The van der Waals surface area contributed by atoms with E-state index in [0.717, 1.165) is 15.7 Å². The van der Waals surface area contributed by atoms with Crippen molar-refractivity contribution in [2.24, 2.45) is 0 Å². The summed E-state index contributed by atoms with van der Waals surface area (Å²) in [4.78, 5) is 29.6. The Morgan fingerprint density at radius 1 is 1.40 bits per heavy atom. The van der Waals surface area contributed by atoms with Crippen LogP contribution in [0, 0.1) is 0 Å². The van der Waals surface area contributed by atoms with Crippen molar-refractivity contribution < 1.29 is 14.7 Å². The van der Waals surface area contributed by atoms with Gasteiger partial charge in [-0.1, -0.05) is 28.1 Å². The minimum absolute atomic E-state index is 0.370. The lowest BCUT2D eigenvalue weighted by Crippen LogP contribution is -2.44. The van der Waals surface area contributed by atoms with Gasteiger partial charge in [0.25, 0.3) is 0 Å². The Morgan fingerprint density at radius 3 is 2.80 bits per heavy atom. The van der Waals surface area contributed by atoms with E-state index in [-0.39, 0.29) is 0 Å². The molecule has 2 aromatic rings. The number of carboxylic acid groups (broad SMARTS) is 1. The van der Waals surface area contributed by atoms with Crippen molar-refractivity contribution in [2.75, 3.05) is 26.0 Å². The Balaban J connectivity index is 2.06. The number of nitrogens with one attached hydrogen (secondary N) is 2. The summed E-state index contributed by atoms with van der Waals surface area (Å²) in [5.74, 6) is -0.417. The molecule has 1 unspecified atom stereocenters. The molecule has 134 valence electrons. The fourth-order valence-electron chi connectivity index (χ4n) is 2.11. The highest BCUT2D eigenvalue weighted by molar-refractivity contribution is 9.10. The van der Waals surface area contributed by atoms with Gasteiger partial charge in [0.05, 0.1) is 5.69 Å². The van der Waals surface area contributed by atoms with Gasteiger partial charge in [-0.25, -0.2) is 9.78 Å². The van der Waals surface area contributed by atoms with Crippen molar-refractivity contribution >= 4 is 44.4 Å². The zero-order chi connectivity index (χ0) is 18.4. The van der Waals surface area contributed by atoms with Crippen LogP contribution in [0.25, 0.3) is 11.3 Å². The van der Waals surface area contributed by atoms with Crippen LogP contribution in [-0.2, 0) is 4.79 Å². The number of rotatable bonds is 7. The first-order chi connectivity index (χ1) is 11.8. The number of carbonyl (C=O) groups is 2. The molecule has 1 aromatic heterocycles. The van der Waals surface area contributed by atoms with E-state index in [1.165, 1.54) is 11.3 Å². The maximum atomic E-state index is 12.4. The lowest BCUT2D eigenvalue weighted by Gasteiger charge is -2.18. The Labute approximate surface area is 158 Å². The van der Waals surface area contributed by atoms with Crippen molar-refractivity contribution in [3.05, 3.63) is 34.1 Å². The topological polar surface area (TPSA) is 94.6 Å². The predicted octanol–water partition coefficient (Wildman–Crippen LogP) is 3.10. The van der Waals surface area contributed by atoms with Gasteiger partial charge in [-0.3, -0.25) is 4.79 Å². The van der Waals surface area contributed by atoms with E-state index in [1.54, 1.807) is 0 Å². The maximum absolute atomic E-state index is 12.4. The molecule has 7 nitrogen and oxygen atoms in total. The Morgan fingerprint density at radius 2 is 2.16 bits per heavy atom. The molecule has 25 heavy (non-hydrogen) atoms. The number of hydrogen-bond donors (Lipinski definition) is 3. The molecule has 0 aliphatic carbocycles. The molecular formula is C16H19BrN4O3S. The molecule has 0 bridgehead atoms. The molecule has 0 spiro atoms. The second kappa shape index (κ2) is 8.93. The third kappa shape index (κ3) is 6.11. The van der Waals surface area contributed by atoms with Gasteiger partial charge in [-0.15, -0.1) is 11.3 Å². The average molecular weight is 427 g/mol. The first kappa shape index (κ1) is 19.4. The molecule has 0 saturated heterocycles. The number of halogens is 1. The molecule has 2 amide bonds. The highest BCUT2D eigenvalue weighted by Gasteiger charge is 2.21. The van der Waals surface area contributed by atoms with Gasteiger partial charge in [0.15, 0.2) is 5.13 Å². The van der Waals surface area contributed by atoms with Crippen molar-refractivity contribution in [3.63, 3.8) is 0 Å². The highest BCUT2D eigenvalue weighted by Crippen LogP contribution is 2.27. The molecule has 0 fully saturated rings. The smallest absolute Gasteiger partial charge is 0.405 e. The van der Waals surface area contributed by atoms with Gasteiger partial charge in [0.1, 0.15) is 6.04 Å². The van der Waals surface area contributed by atoms with E-state index in [4.69, 9.17) is 5.11 Å². The van der Waals surface area contributed by atoms with Gasteiger partial charge in [0.2, 0.25) is 5.91 Å². The second-order valence-electron chi connectivity index (χ2n) is 5.63. The van der Waals surface area contributed by atoms with Gasteiger partial charge in [0, 0.05) is 15.4 Å². The summed E-state index contributed by atoms with van der Waals surface area (Å²) in [6.45, 7) is 0.583. The molecule has 1 aromatic carbocycles. The van der Waals surface area contributed by atoms with Crippen molar-refractivity contribution in [1.29, 1.82) is 0 Å². The van der Waals surface area contributed by atoms with E-state index in [1.807, 2.05) is 48.6 Å². The number of carbonyl (C=O) groups excluding carboxylic acids is 1. The van der Waals surface area contributed by atoms with Gasteiger partial charge < -0.3 is 20.6 Å². The van der Waals surface area contributed by atoms with Crippen LogP contribution in [0.15, 0.2) is 34.1 Å². The number of nitrogens with zero attached hydrogens (tertiary/aromatic N) is 2. The molecule has 1 atom stereocenters. The van der Waals surface area contributed by atoms with Crippen LogP contribution in [0.2, 0.25) is 0 Å². The summed E-state index contributed by atoms with van der Waals surface area (Å²) < 4.78 is 0.943. The fraction of sp³-hybridized carbons (Fsp3) is 0.312. The van der Waals surface area contributed by atoms with Gasteiger partial charge in [-0.2, -0.15) is 0 Å². The third-order valence-corrected chi connectivity index (χ3v) is 4.58. The molecule has 9 heteroatoms. The third-order valence-electron chi connectivity index (χ3n) is 3.33. The van der Waals surface area contributed by atoms with Crippen molar-refractivity contribution in [2.45, 2.75) is 12.5 Å². The Bertz CT molecular complexity index is 750. The Kier molecular flexibility index (Phi) is 6.91. The number of anilines is 1. The van der Waals surface area contributed by atoms with Gasteiger partial charge >= 0.3 is 6.09 Å². The first-order valence-electron chi connectivity index (χ1n) is 7.51. The van der Waals surface area contributed by atoms with E-state index >= 15 is 0 Å². The molecule has 0 radical (unpaired) electrons. The van der Waals surface area contributed by atoms with E-state index in [9.17, 15) is 9.59 Å². The zero-order valence-corrected chi connectivity index (χ0v) is 16.2. The Hall–Kier alpha value is -1.97. The number of thiazole rings is 1. The minimum Gasteiger partial charge on any atom is -0.465 e. The zero-order valence-electron chi connectivity index (χ0n) is 13.8. The SMILES string of the molecule is CN(C)CCC(NC(=O)O)C(=O)Nc1nc(-c2cccc(Br)c2)cs1. The predicted molar refractivity (Wildman–Crippen MR) is 102 cm³/mol. The average Bonchev–Trinajstić information content (AvgIpc) is 2.99. The summed E-state index contributed by atoms with van der Waals surface area (Å²) in [7, 11) is 3.72. The van der Waals surface area contributed by atoms with Crippen LogP contribution in [0.4, 0.5) is 9.93 Å². The van der Waals surface area contributed by atoms with Crippen LogP contribution in [0.1, 0.15) is 6.42 Å². The number of benzene rings is 1. The summed E-state index contributed by atoms with van der Waals surface area (Å²) in [6.07, 6.45) is -0.859. The molecule has 1 heterocycles. The normalized spacial score (nSPS) is 12.0. The number of hydrogen-bond acceptors (Lipinski definition) is 5. The minimum atomic E-state index is -1.23. The molecule has 0 aliphatic rings. The molecule has 2 rings (SSSR count).